The van der Waals surface area contributed by atoms with Crippen LogP contribution in [0.25, 0.3) is 10.9 Å². The molecule has 0 fully saturated rings. The highest BCUT2D eigenvalue weighted by atomic mass is 14.7. The predicted octanol–water partition coefficient (Wildman–Crippen LogP) is 1.50. The average Bonchev–Trinajstić information content (AvgIpc) is 2.15. The van der Waals surface area contributed by atoms with Gasteiger partial charge in [-0.15, -0.1) is 0 Å². The maximum Gasteiger partial charge on any atom is 0.0631 e. The van der Waals surface area contributed by atoms with E-state index in [1.54, 1.807) is 0 Å². The number of hydrogen-bond acceptors (Lipinski definition) is 0. The zero-order valence-electron chi connectivity index (χ0n) is 4.31. The van der Waals surface area contributed by atoms with Crippen molar-refractivity contribution in [3.63, 3.8) is 0 Å². The number of aromatic nitrogens is 2. The Balaban J connectivity index is 3.06. The van der Waals surface area contributed by atoms with Crippen LogP contribution in [0.4, 0.5) is 0 Å². The Labute approximate surface area is 46.5 Å². The molecule has 2 heterocycles. The molecule has 0 bridgehead atoms. The number of rotatable bonds is 0. The fourth-order valence-corrected chi connectivity index (χ4v) is 0.860. The molecule has 8 heavy (non-hydrogen) atoms. The molecule has 2 N–H and O–H groups in total. The van der Waals surface area contributed by atoms with Crippen molar-refractivity contribution < 1.29 is 0 Å². The van der Waals surface area contributed by atoms with Gasteiger partial charge in [-0.1, -0.05) is 0 Å². The van der Waals surface area contributed by atoms with E-state index in [2.05, 4.69) is 9.97 Å². The number of aromatic amines is 2. The van der Waals surface area contributed by atoms with Gasteiger partial charge in [0.15, 0.2) is 0 Å². The summed E-state index contributed by atoms with van der Waals surface area (Å²) in [5, 5.41) is 1.24. The Morgan fingerprint density at radius 1 is 1.25 bits per heavy atom. The molecule has 0 aliphatic heterocycles. The Kier molecular flexibility index (Phi) is 0.545. The van der Waals surface area contributed by atoms with Crippen molar-refractivity contribution in [1.29, 1.82) is 0 Å². The molecule has 0 spiro atoms. The predicted molar refractivity (Wildman–Crippen MR) is 32.6 cm³/mol. The van der Waals surface area contributed by atoms with E-state index in [0.717, 1.165) is 0 Å². The first kappa shape index (κ1) is 3.78. The monoisotopic (exact) mass is 106 g/mol. The summed E-state index contributed by atoms with van der Waals surface area (Å²) in [7, 11) is 0. The molecule has 0 aliphatic rings. The molecule has 40 valence electrons. The first-order valence-electron chi connectivity index (χ1n) is 2.57. The van der Waals surface area contributed by atoms with Gasteiger partial charge < -0.3 is 9.97 Å². The fraction of sp³-hybridized carbons (Fsp3) is 0. The SMILES string of the molecule is c1cc2c[nH]cc2[nH]1. The van der Waals surface area contributed by atoms with Crippen LogP contribution in [0.5, 0.6) is 0 Å². The molecule has 0 saturated carbocycles. The molecule has 0 amide bonds. The number of nitrogens with one attached hydrogen (secondary N) is 2. The molecule has 2 heteroatoms. The van der Waals surface area contributed by atoms with Crippen LogP contribution in [0.15, 0.2) is 24.7 Å². The largest absolute Gasteiger partial charge is 0.365 e. The zero-order chi connectivity index (χ0) is 5.40. The summed E-state index contributed by atoms with van der Waals surface area (Å²) >= 11 is 0. The second-order valence-electron chi connectivity index (χ2n) is 1.80. The quantitative estimate of drug-likeness (QED) is 0.510. The van der Waals surface area contributed by atoms with Crippen LogP contribution in [0.1, 0.15) is 0 Å². The van der Waals surface area contributed by atoms with Crippen molar-refractivity contribution in [2.45, 2.75) is 0 Å². The molecule has 0 unspecified atom stereocenters. The van der Waals surface area contributed by atoms with Gasteiger partial charge in [-0.3, -0.25) is 0 Å². The molecule has 0 saturated heterocycles. The second kappa shape index (κ2) is 1.15. The highest BCUT2D eigenvalue weighted by Crippen LogP contribution is 2.08. The van der Waals surface area contributed by atoms with Crippen molar-refractivity contribution in [3.8, 4) is 0 Å². The van der Waals surface area contributed by atoms with Crippen molar-refractivity contribution >= 4 is 10.9 Å². The third-order valence-corrected chi connectivity index (χ3v) is 1.28. The Morgan fingerprint density at radius 2 is 2.25 bits per heavy atom. The molecule has 2 rings (SSSR count). The molecular formula is C6H6N2. The summed E-state index contributed by atoms with van der Waals surface area (Å²) in [4.78, 5) is 6.05. The summed E-state index contributed by atoms with van der Waals surface area (Å²) < 4.78 is 0. The molecule has 2 nitrogen and oxygen atoms in total. The Bertz CT molecular complexity index is 228. The normalized spacial score (nSPS) is 10.5. The molecule has 0 aliphatic carbocycles. The van der Waals surface area contributed by atoms with Gasteiger partial charge in [0.2, 0.25) is 0 Å². The van der Waals surface area contributed by atoms with Gasteiger partial charge >= 0.3 is 0 Å². The molecule has 2 aromatic heterocycles. The van der Waals surface area contributed by atoms with Crippen molar-refractivity contribution in [2.75, 3.05) is 0 Å². The molecule has 0 radical (unpaired) electrons. The van der Waals surface area contributed by atoms with Crippen LogP contribution < -0.4 is 0 Å². The number of fused-ring (bicyclic) bond motifs is 1. The Morgan fingerprint density at radius 3 is 3.12 bits per heavy atom. The van der Waals surface area contributed by atoms with E-state index in [1.165, 1.54) is 10.9 Å². The number of H-pyrrole nitrogens is 2. The minimum absolute atomic E-state index is 1.17. The van der Waals surface area contributed by atoms with Gasteiger partial charge in [-0.05, 0) is 6.07 Å². The van der Waals surface area contributed by atoms with E-state index in [1.807, 2.05) is 24.7 Å². The lowest BCUT2D eigenvalue weighted by Crippen LogP contribution is -1.52. The maximum atomic E-state index is 3.07. The van der Waals surface area contributed by atoms with Crippen molar-refractivity contribution in [3.05, 3.63) is 24.7 Å². The van der Waals surface area contributed by atoms with E-state index in [0.29, 0.717) is 0 Å². The first-order valence-corrected chi connectivity index (χ1v) is 2.57. The topological polar surface area (TPSA) is 31.6 Å². The third kappa shape index (κ3) is 0.320. The van der Waals surface area contributed by atoms with Crippen molar-refractivity contribution in [2.24, 2.45) is 0 Å². The van der Waals surface area contributed by atoms with Crippen LogP contribution in [0.3, 0.4) is 0 Å². The highest BCUT2D eigenvalue weighted by molar-refractivity contribution is 5.78. The van der Waals surface area contributed by atoms with E-state index in [9.17, 15) is 0 Å². The van der Waals surface area contributed by atoms with Crippen LogP contribution in [0, 0.1) is 0 Å². The standard InChI is InChI=1S/C6H6N2/c1-2-8-6-4-7-3-5(1)6/h1-4,7-8H. The van der Waals surface area contributed by atoms with Gasteiger partial charge in [0.1, 0.15) is 0 Å². The molecule has 2 aromatic rings. The third-order valence-electron chi connectivity index (χ3n) is 1.28. The molecular weight excluding hydrogens is 100 g/mol. The summed E-state index contributed by atoms with van der Waals surface area (Å²) in [6.07, 6.45) is 5.83. The van der Waals surface area contributed by atoms with Crippen LogP contribution in [-0.2, 0) is 0 Å². The van der Waals surface area contributed by atoms with Gasteiger partial charge in [0, 0.05) is 24.0 Å². The molecule has 0 atom stereocenters. The van der Waals surface area contributed by atoms with Gasteiger partial charge in [-0.2, -0.15) is 0 Å². The van der Waals surface area contributed by atoms with E-state index in [-0.39, 0.29) is 0 Å². The summed E-state index contributed by atoms with van der Waals surface area (Å²) in [6.45, 7) is 0. The highest BCUT2D eigenvalue weighted by Gasteiger charge is 1.88. The van der Waals surface area contributed by atoms with E-state index in [4.69, 9.17) is 0 Å². The maximum absolute atomic E-state index is 3.07. The number of hydrogen-bond donors (Lipinski definition) is 2. The summed E-state index contributed by atoms with van der Waals surface area (Å²) in [6, 6.07) is 2.03. The van der Waals surface area contributed by atoms with Gasteiger partial charge in [0.25, 0.3) is 0 Å². The molecule has 0 aromatic carbocycles. The van der Waals surface area contributed by atoms with Crippen LogP contribution >= 0.6 is 0 Å². The minimum atomic E-state index is 1.17. The second-order valence-corrected chi connectivity index (χ2v) is 1.80. The van der Waals surface area contributed by atoms with Gasteiger partial charge in [0.05, 0.1) is 5.52 Å². The smallest absolute Gasteiger partial charge is 0.0631 e. The van der Waals surface area contributed by atoms with Gasteiger partial charge in [-0.25, -0.2) is 0 Å². The fourth-order valence-electron chi connectivity index (χ4n) is 0.860. The lowest BCUT2D eigenvalue weighted by molar-refractivity contribution is 1.39. The minimum Gasteiger partial charge on any atom is -0.365 e. The lowest BCUT2D eigenvalue weighted by atomic mass is 10.4. The Hall–Kier alpha value is -1.18. The zero-order valence-corrected chi connectivity index (χ0v) is 4.31. The average molecular weight is 106 g/mol. The summed E-state index contributed by atoms with van der Waals surface area (Å²) in [5.41, 5.74) is 1.17. The van der Waals surface area contributed by atoms with E-state index < -0.39 is 0 Å². The van der Waals surface area contributed by atoms with Crippen LogP contribution in [-0.4, -0.2) is 9.97 Å². The lowest BCUT2D eigenvalue weighted by Gasteiger charge is -1.66. The van der Waals surface area contributed by atoms with Crippen LogP contribution in [0.2, 0.25) is 0 Å². The van der Waals surface area contributed by atoms with E-state index >= 15 is 0 Å². The first-order chi connectivity index (χ1) is 3.97. The summed E-state index contributed by atoms with van der Waals surface area (Å²) in [5.74, 6) is 0. The van der Waals surface area contributed by atoms with Crippen molar-refractivity contribution in [1.82, 2.24) is 9.97 Å².